The quantitative estimate of drug-likeness (QED) is 0.617. The summed E-state index contributed by atoms with van der Waals surface area (Å²) in [7, 11) is 1.37. The van der Waals surface area contributed by atoms with E-state index in [1.54, 1.807) is 0 Å². The lowest BCUT2D eigenvalue weighted by Gasteiger charge is -2.07. The molecule has 0 aromatic heterocycles. The summed E-state index contributed by atoms with van der Waals surface area (Å²) in [4.78, 5) is 11.6. The monoisotopic (exact) mass is 319 g/mol. The fourth-order valence-electron chi connectivity index (χ4n) is 1.30. The molecule has 1 aromatic rings. The number of hydrogen-bond acceptors (Lipinski definition) is 3. The van der Waals surface area contributed by atoms with Crippen molar-refractivity contribution in [2.75, 3.05) is 32.2 Å². The van der Waals surface area contributed by atoms with Gasteiger partial charge in [0.1, 0.15) is 0 Å². The molecule has 0 unspecified atom stereocenters. The SMILES string of the molecule is COc1ccc(C(=O)NCCOCCBr)cc1F. The third-order valence-electron chi connectivity index (χ3n) is 2.17. The summed E-state index contributed by atoms with van der Waals surface area (Å²) in [5.74, 6) is -0.771. The summed E-state index contributed by atoms with van der Waals surface area (Å²) >= 11 is 3.22. The van der Waals surface area contributed by atoms with Crippen molar-refractivity contribution in [3.8, 4) is 5.75 Å². The first-order valence-electron chi connectivity index (χ1n) is 5.44. The van der Waals surface area contributed by atoms with Gasteiger partial charge in [-0.25, -0.2) is 4.39 Å². The van der Waals surface area contributed by atoms with Crippen LogP contribution in [0.25, 0.3) is 0 Å². The van der Waals surface area contributed by atoms with Crippen LogP contribution in [0.4, 0.5) is 4.39 Å². The van der Waals surface area contributed by atoms with Crippen molar-refractivity contribution in [1.29, 1.82) is 0 Å². The molecular weight excluding hydrogens is 305 g/mol. The van der Waals surface area contributed by atoms with Gasteiger partial charge in [-0.2, -0.15) is 0 Å². The molecule has 1 amide bonds. The van der Waals surface area contributed by atoms with E-state index in [0.29, 0.717) is 19.8 Å². The molecule has 0 atom stereocenters. The number of carbonyl (C=O) groups is 1. The van der Waals surface area contributed by atoms with E-state index in [1.807, 2.05) is 0 Å². The third-order valence-corrected chi connectivity index (χ3v) is 2.49. The van der Waals surface area contributed by atoms with Gasteiger partial charge < -0.3 is 14.8 Å². The van der Waals surface area contributed by atoms with Gasteiger partial charge in [0.25, 0.3) is 5.91 Å². The number of carbonyl (C=O) groups excluding carboxylic acids is 1. The number of hydrogen-bond donors (Lipinski definition) is 1. The minimum atomic E-state index is -0.555. The van der Waals surface area contributed by atoms with Gasteiger partial charge in [0, 0.05) is 17.4 Å². The topological polar surface area (TPSA) is 47.6 Å². The Balaban J connectivity index is 2.44. The Kier molecular flexibility index (Phi) is 6.67. The maximum Gasteiger partial charge on any atom is 0.251 e. The molecule has 0 radical (unpaired) electrons. The minimum absolute atomic E-state index is 0.118. The van der Waals surface area contributed by atoms with Gasteiger partial charge in [-0.15, -0.1) is 0 Å². The molecule has 6 heteroatoms. The molecule has 0 aliphatic heterocycles. The average molecular weight is 320 g/mol. The van der Waals surface area contributed by atoms with Gasteiger partial charge in [0.05, 0.1) is 20.3 Å². The smallest absolute Gasteiger partial charge is 0.251 e. The highest BCUT2D eigenvalue weighted by atomic mass is 79.9. The van der Waals surface area contributed by atoms with E-state index in [1.165, 1.54) is 19.2 Å². The number of nitrogens with one attached hydrogen (secondary N) is 1. The van der Waals surface area contributed by atoms with Crippen molar-refractivity contribution in [2.45, 2.75) is 0 Å². The molecular formula is C12H15BrFNO3. The molecule has 1 aromatic carbocycles. The summed E-state index contributed by atoms with van der Waals surface area (Å²) in [6, 6.07) is 4.08. The Morgan fingerprint density at radius 3 is 2.83 bits per heavy atom. The Bertz CT molecular complexity index is 401. The van der Waals surface area contributed by atoms with Crippen molar-refractivity contribution in [2.24, 2.45) is 0 Å². The van der Waals surface area contributed by atoms with Crippen LogP contribution >= 0.6 is 15.9 Å². The van der Waals surface area contributed by atoms with Gasteiger partial charge in [0.2, 0.25) is 0 Å². The Labute approximate surface area is 114 Å². The summed E-state index contributed by atoms with van der Waals surface area (Å²) in [5.41, 5.74) is 0.258. The van der Waals surface area contributed by atoms with Crippen LogP contribution in [-0.4, -0.2) is 38.1 Å². The van der Waals surface area contributed by atoms with Crippen LogP contribution in [0.1, 0.15) is 10.4 Å². The van der Waals surface area contributed by atoms with Gasteiger partial charge in [-0.05, 0) is 18.2 Å². The van der Waals surface area contributed by atoms with E-state index in [0.717, 1.165) is 11.4 Å². The molecule has 1 rings (SSSR count). The standard InChI is InChI=1S/C12H15BrFNO3/c1-17-11-3-2-9(8-10(11)14)12(16)15-5-7-18-6-4-13/h2-3,8H,4-7H2,1H3,(H,15,16). The molecule has 4 nitrogen and oxygen atoms in total. The number of halogens is 2. The average Bonchev–Trinajstić information content (AvgIpc) is 2.38. The zero-order valence-corrected chi connectivity index (χ0v) is 11.6. The fourth-order valence-corrected chi connectivity index (χ4v) is 1.53. The van der Waals surface area contributed by atoms with Crippen LogP contribution in [-0.2, 0) is 4.74 Å². The number of alkyl halides is 1. The summed E-state index contributed by atoms with van der Waals surface area (Å²) < 4.78 is 23.3. The van der Waals surface area contributed by atoms with Gasteiger partial charge >= 0.3 is 0 Å². The second-order valence-corrected chi connectivity index (χ2v) is 4.20. The predicted molar refractivity (Wildman–Crippen MR) is 69.9 cm³/mol. The summed E-state index contributed by atoms with van der Waals surface area (Å²) in [5, 5.41) is 3.39. The van der Waals surface area contributed by atoms with Crippen LogP contribution in [0.15, 0.2) is 18.2 Å². The maximum absolute atomic E-state index is 13.4. The first kappa shape index (κ1) is 14.9. The molecule has 0 aliphatic rings. The number of rotatable bonds is 7. The molecule has 100 valence electrons. The highest BCUT2D eigenvalue weighted by Gasteiger charge is 2.09. The fraction of sp³-hybridized carbons (Fsp3) is 0.417. The molecule has 0 bridgehead atoms. The van der Waals surface area contributed by atoms with E-state index < -0.39 is 5.82 Å². The molecule has 0 heterocycles. The number of ether oxygens (including phenoxy) is 2. The van der Waals surface area contributed by atoms with Gasteiger partial charge in [-0.1, -0.05) is 15.9 Å². The maximum atomic E-state index is 13.4. The highest BCUT2D eigenvalue weighted by Crippen LogP contribution is 2.17. The predicted octanol–water partition coefficient (Wildman–Crippen LogP) is 1.98. The van der Waals surface area contributed by atoms with Gasteiger partial charge in [0.15, 0.2) is 11.6 Å². The van der Waals surface area contributed by atoms with E-state index in [9.17, 15) is 9.18 Å². The molecule has 18 heavy (non-hydrogen) atoms. The largest absolute Gasteiger partial charge is 0.494 e. The van der Waals surface area contributed by atoms with E-state index in [4.69, 9.17) is 9.47 Å². The Morgan fingerprint density at radius 2 is 2.22 bits per heavy atom. The molecule has 1 N–H and O–H groups in total. The zero-order chi connectivity index (χ0) is 13.4. The first-order valence-corrected chi connectivity index (χ1v) is 6.56. The van der Waals surface area contributed by atoms with Crippen molar-refractivity contribution in [1.82, 2.24) is 5.32 Å². The molecule has 0 spiro atoms. The second-order valence-electron chi connectivity index (χ2n) is 3.41. The minimum Gasteiger partial charge on any atom is -0.494 e. The number of amides is 1. The highest BCUT2D eigenvalue weighted by molar-refractivity contribution is 9.09. The van der Waals surface area contributed by atoms with Crippen molar-refractivity contribution in [3.63, 3.8) is 0 Å². The zero-order valence-electron chi connectivity index (χ0n) is 10.0. The summed E-state index contributed by atoms with van der Waals surface area (Å²) in [6.45, 7) is 1.41. The van der Waals surface area contributed by atoms with Crippen LogP contribution in [0.3, 0.4) is 0 Å². The van der Waals surface area contributed by atoms with Crippen molar-refractivity contribution in [3.05, 3.63) is 29.6 Å². The second kappa shape index (κ2) is 8.05. The van der Waals surface area contributed by atoms with Gasteiger partial charge in [-0.3, -0.25) is 4.79 Å². The van der Waals surface area contributed by atoms with E-state index in [-0.39, 0.29) is 17.2 Å². The Hall–Kier alpha value is -1.14. The Morgan fingerprint density at radius 1 is 1.44 bits per heavy atom. The van der Waals surface area contributed by atoms with Crippen LogP contribution < -0.4 is 10.1 Å². The molecule has 0 aliphatic carbocycles. The van der Waals surface area contributed by atoms with Crippen LogP contribution in [0.5, 0.6) is 5.75 Å². The van der Waals surface area contributed by atoms with Crippen molar-refractivity contribution < 1.29 is 18.7 Å². The van der Waals surface area contributed by atoms with Crippen molar-refractivity contribution >= 4 is 21.8 Å². The van der Waals surface area contributed by atoms with E-state index >= 15 is 0 Å². The summed E-state index contributed by atoms with van der Waals surface area (Å²) in [6.07, 6.45) is 0. The van der Waals surface area contributed by atoms with Crippen LogP contribution in [0.2, 0.25) is 0 Å². The molecule has 0 saturated carbocycles. The third kappa shape index (κ3) is 4.62. The lowest BCUT2D eigenvalue weighted by atomic mass is 10.2. The number of methoxy groups -OCH3 is 1. The molecule has 0 fully saturated rings. The number of benzene rings is 1. The van der Waals surface area contributed by atoms with E-state index in [2.05, 4.69) is 21.2 Å². The lowest BCUT2D eigenvalue weighted by Crippen LogP contribution is -2.27. The van der Waals surface area contributed by atoms with Crippen LogP contribution in [0, 0.1) is 5.82 Å². The first-order chi connectivity index (χ1) is 8.69. The molecule has 0 saturated heterocycles. The normalized spacial score (nSPS) is 10.2. The lowest BCUT2D eigenvalue weighted by molar-refractivity contribution is 0.0923.